The summed E-state index contributed by atoms with van der Waals surface area (Å²) in [6.45, 7) is 6.26. The average molecular weight is 290 g/mol. The normalized spacial score (nSPS) is 34.2. The molecule has 1 fully saturated rings. The van der Waals surface area contributed by atoms with Gasteiger partial charge in [-0.25, -0.2) is 0 Å². The molecule has 4 heteroatoms. The number of aromatic hydroxyl groups is 2. The van der Waals surface area contributed by atoms with Crippen LogP contribution in [0.1, 0.15) is 56.0 Å². The van der Waals surface area contributed by atoms with Crippen molar-refractivity contribution in [3.05, 3.63) is 23.3 Å². The van der Waals surface area contributed by atoms with Gasteiger partial charge in [0.2, 0.25) is 0 Å². The number of hydrogen-bond donors (Lipinski definition) is 3. The van der Waals surface area contributed by atoms with Crippen LogP contribution in [0.3, 0.4) is 0 Å². The molecule has 1 saturated carbocycles. The van der Waals surface area contributed by atoms with E-state index in [0.717, 1.165) is 6.42 Å². The van der Waals surface area contributed by atoms with Crippen molar-refractivity contribution in [1.82, 2.24) is 0 Å². The molecule has 21 heavy (non-hydrogen) atoms. The molecule has 1 unspecified atom stereocenters. The molecule has 114 valence electrons. The molecule has 0 amide bonds. The summed E-state index contributed by atoms with van der Waals surface area (Å²) in [5, 5.41) is 30.4. The van der Waals surface area contributed by atoms with Gasteiger partial charge in [0.25, 0.3) is 0 Å². The van der Waals surface area contributed by atoms with Gasteiger partial charge in [-0.05, 0) is 35.8 Å². The van der Waals surface area contributed by atoms with Crippen molar-refractivity contribution in [2.75, 3.05) is 0 Å². The highest BCUT2D eigenvalue weighted by atomic mass is 16.3. The van der Waals surface area contributed by atoms with E-state index in [-0.39, 0.29) is 34.2 Å². The average Bonchev–Trinajstić information content (AvgIpc) is 2.41. The zero-order valence-electron chi connectivity index (χ0n) is 12.7. The summed E-state index contributed by atoms with van der Waals surface area (Å²) in [6.07, 6.45) is 1.30. The first-order valence-electron chi connectivity index (χ1n) is 7.46. The molecular weight excluding hydrogens is 268 g/mol. The first kappa shape index (κ1) is 14.4. The SMILES string of the molecule is CC1(C)CC[C@@H](O)[C@]2(C)c3ccc(O)c(O)c3C(=O)CC12. The molecular formula is C17H22O4. The summed E-state index contributed by atoms with van der Waals surface area (Å²) in [7, 11) is 0. The van der Waals surface area contributed by atoms with Gasteiger partial charge in [0.1, 0.15) is 0 Å². The number of fused-ring (bicyclic) bond motifs is 3. The lowest BCUT2D eigenvalue weighted by Crippen LogP contribution is -2.56. The first-order chi connectivity index (χ1) is 9.69. The van der Waals surface area contributed by atoms with Gasteiger partial charge in [0.15, 0.2) is 17.3 Å². The van der Waals surface area contributed by atoms with Gasteiger partial charge in [-0.3, -0.25) is 4.79 Å². The molecule has 1 aromatic carbocycles. The van der Waals surface area contributed by atoms with Crippen LogP contribution in [-0.4, -0.2) is 27.2 Å². The summed E-state index contributed by atoms with van der Waals surface area (Å²) >= 11 is 0. The number of aliphatic hydroxyl groups is 1. The summed E-state index contributed by atoms with van der Waals surface area (Å²) < 4.78 is 0. The zero-order valence-corrected chi connectivity index (χ0v) is 12.7. The number of ketones is 1. The van der Waals surface area contributed by atoms with Gasteiger partial charge < -0.3 is 15.3 Å². The van der Waals surface area contributed by atoms with Crippen LogP contribution in [-0.2, 0) is 5.41 Å². The van der Waals surface area contributed by atoms with E-state index in [1.165, 1.54) is 6.07 Å². The Morgan fingerprint density at radius 1 is 1.19 bits per heavy atom. The third kappa shape index (κ3) is 1.75. The number of benzene rings is 1. The summed E-state index contributed by atoms with van der Waals surface area (Å²) in [6, 6.07) is 3.09. The molecule has 0 heterocycles. The quantitative estimate of drug-likeness (QED) is 0.642. The minimum Gasteiger partial charge on any atom is -0.504 e. The van der Waals surface area contributed by atoms with Crippen LogP contribution in [0.15, 0.2) is 12.1 Å². The van der Waals surface area contributed by atoms with Crippen LogP contribution in [0.2, 0.25) is 0 Å². The molecule has 0 radical (unpaired) electrons. The van der Waals surface area contributed by atoms with E-state index >= 15 is 0 Å². The monoisotopic (exact) mass is 290 g/mol. The number of Topliss-reactive ketones (excluding diaryl/α,β-unsaturated/α-hetero) is 1. The van der Waals surface area contributed by atoms with Crippen molar-refractivity contribution in [3.63, 3.8) is 0 Å². The van der Waals surface area contributed by atoms with E-state index in [2.05, 4.69) is 13.8 Å². The molecule has 0 bridgehead atoms. The van der Waals surface area contributed by atoms with Crippen LogP contribution >= 0.6 is 0 Å². The molecule has 3 atom stereocenters. The Hall–Kier alpha value is -1.55. The van der Waals surface area contributed by atoms with Gasteiger partial charge >= 0.3 is 0 Å². The van der Waals surface area contributed by atoms with Crippen molar-refractivity contribution >= 4 is 5.78 Å². The fourth-order valence-corrected chi connectivity index (χ4v) is 4.48. The lowest BCUT2D eigenvalue weighted by Gasteiger charge is -2.56. The predicted octanol–water partition coefficient (Wildman–Crippen LogP) is 2.74. The lowest BCUT2D eigenvalue weighted by atomic mass is 9.49. The molecule has 4 nitrogen and oxygen atoms in total. The Morgan fingerprint density at radius 2 is 1.86 bits per heavy atom. The second-order valence-electron chi connectivity index (χ2n) is 7.36. The molecule has 2 aliphatic rings. The maximum Gasteiger partial charge on any atom is 0.168 e. The number of hydrogen-bond acceptors (Lipinski definition) is 4. The number of carbonyl (C=O) groups excluding carboxylic acids is 1. The van der Waals surface area contributed by atoms with Crippen LogP contribution in [0.5, 0.6) is 11.5 Å². The van der Waals surface area contributed by atoms with E-state index in [1.807, 2.05) is 6.92 Å². The Bertz CT molecular complexity index is 619. The van der Waals surface area contributed by atoms with Crippen LogP contribution in [0.4, 0.5) is 0 Å². The highest BCUT2D eigenvalue weighted by Crippen LogP contribution is 2.58. The minimum absolute atomic E-state index is 0.0256. The lowest BCUT2D eigenvalue weighted by molar-refractivity contribution is -0.0545. The fourth-order valence-electron chi connectivity index (χ4n) is 4.48. The van der Waals surface area contributed by atoms with E-state index in [1.54, 1.807) is 6.07 Å². The zero-order chi connectivity index (χ0) is 15.6. The van der Waals surface area contributed by atoms with E-state index < -0.39 is 11.5 Å². The molecule has 2 aliphatic carbocycles. The van der Waals surface area contributed by atoms with Crippen LogP contribution in [0, 0.1) is 11.3 Å². The first-order valence-corrected chi connectivity index (χ1v) is 7.46. The summed E-state index contributed by atoms with van der Waals surface area (Å²) in [5.41, 5.74) is 0.232. The second-order valence-corrected chi connectivity index (χ2v) is 7.36. The Balaban J connectivity index is 2.28. The van der Waals surface area contributed by atoms with Gasteiger partial charge in [-0.2, -0.15) is 0 Å². The second kappa shape index (κ2) is 4.23. The maximum atomic E-state index is 12.5. The molecule has 0 spiro atoms. The number of aliphatic hydroxyl groups excluding tert-OH is 1. The minimum atomic E-state index is -0.573. The molecule has 0 aromatic heterocycles. The topological polar surface area (TPSA) is 77.8 Å². The van der Waals surface area contributed by atoms with E-state index in [4.69, 9.17) is 0 Å². The Kier molecular flexibility index (Phi) is 2.90. The number of rotatable bonds is 0. The summed E-state index contributed by atoms with van der Waals surface area (Å²) in [5.74, 6) is -0.762. The fraction of sp³-hybridized carbons (Fsp3) is 0.588. The van der Waals surface area contributed by atoms with Crippen molar-refractivity contribution in [2.45, 2.75) is 51.6 Å². The molecule has 0 aliphatic heterocycles. The van der Waals surface area contributed by atoms with E-state index in [9.17, 15) is 20.1 Å². The Labute approximate surface area is 124 Å². The smallest absolute Gasteiger partial charge is 0.168 e. The highest BCUT2D eigenvalue weighted by molar-refractivity contribution is 6.02. The van der Waals surface area contributed by atoms with E-state index in [0.29, 0.717) is 18.4 Å². The van der Waals surface area contributed by atoms with Crippen molar-refractivity contribution < 1.29 is 20.1 Å². The van der Waals surface area contributed by atoms with Crippen molar-refractivity contribution in [1.29, 1.82) is 0 Å². The van der Waals surface area contributed by atoms with Crippen molar-refractivity contribution in [3.8, 4) is 11.5 Å². The molecule has 1 aromatic rings. The third-order valence-electron chi connectivity index (χ3n) is 5.83. The highest BCUT2D eigenvalue weighted by Gasteiger charge is 2.56. The molecule has 3 N–H and O–H groups in total. The molecule has 0 saturated heterocycles. The van der Waals surface area contributed by atoms with Gasteiger partial charge in [-0.15, -0.1) is 0 Å². The number of phenols is 2. The van der Waals surface area contributed by atoms with Gasteiger partial charge in [0.05, 0.1) is 11.7 Å². The molecule has 3 rings (SSSR count). The number of carbonyl (C=O) groups is 1. The summed E-state index contributed by atoms with van der Waals surface area (Å²) in [4.78, 5) is 12.5. The van der Waals surface area contributed by atoms with Crippen LogP contribution in [0.25, 0.3) is 0 Å². The predicted molar refractivity (Wildman–Crippen MR) is 78.6 cm³/mol. The van der Waals surface area contributed by atoms with Gasteiger partial charge in [-0.1, -0.05) is 26.8 Å². The van der Waals surface area contributed by atoms with Gasteiger partial charge in [0, 0.05) is 11.8 Å². The standard InChI is InChI=1S/C17H22O4/c1-16(2)7-6-13(20)17(3)9-4-5-10(18)15(21)14(9)11(19)8-12(16)17/h4-5,12-13,18,20-21H,6-8H2,1-3H3/t12?,13-,17-/m1/s1. The van der Waals surface area contributed by atoms with Crippen LogP contribution < -0.4 is 0 Å². The largest absolute Gasteiger partial charge is 0.504 e. The number of phenolic OH excluding ortho intramolecular Hbond substituents is 2. The maximum absolute atomic E-state index is 12.5. The Morgan fingerprint density at radius 3 is 2.52 bits per heavy atom. The third-order valence-corrected chi connectivity index (χ3v) is 5.83. The van der Waals surface area contributed by atoms with Crippen molar-refractivity contribution in [2.24, 2.45) is 11.3 Å².